The number of likely N-dealkylation sites (N-methyl/N-ethyl adjacent to an activating group) is 1. The van der Waals surface area contributed by atoms with Crippen LogP contribution < -0.4 is 20.2 Å². The Kier molecular flexibility index (Phi) is 4.63. The number of para-hydroxylation sites is 1. The first-order chi connectivity index (χ1) is 14.0. The van der Waals surface area contributed by atoms with E-state index in [1.54, 1.807) is 50.6 Å². The van der Waals surface area contributed by atoms with Gasteiger partial charge in [0.1, 0.15) is 12.3 Å². The van der Waals surface area contributed by atoms with Crippen molar-refractivity contribution in [3.8, 4) is 5.75 Å². The lowest BCUT2D eigenvalue weighted by molar-refractivity contribution is -0.119. The molecule has 0 aliphatic carbocycles. The van der Waals surface area contributed by atoms with Gasteiger partial charge in [-0.2, -0.15) is 9.67 Å². The number of benzene rings is 2. The van der Waals surface area contributed by atoms with E-state index in [9.17, 15) is 14.4 Å². The number of carbonyl (C=O) groups excluding carboxylic acids is 2. The molecule has 2 heterocycles. The zero-order chi connectivity index (χ0) is 20.5. The Hall–Kier alpha value is -3.88. The molecule has 0 radical (unpaired) electrons. The first-order valence-corrected chi connectivity index (χ1v) is 8.96. The summed E-state index contributed by atoms with van der Waals surface area (Å²) in [5, 5.41) is 0. The number of ether oxygens (including phenoxy) is 1. The van der Waals surface area contributed by atoms with Crippen molar-refractivity contribution in [2.45, 2.75) is 13.1 Å². The second kappa shape index (κ2) is 7.27. The number of hydrogen-bond acceptors (Lipinski definition) is 5. The quantitative estimate of drug-likeness (QED) is 0.658. The van der Waals surface area contributed by atoms with Gasteiger partial charge < -0.3 is 9.64 Å². The molecule has 148 valence electrons. The van der Waals surface area contributed by atoms with E-state index in [1.807, 2.05) is 18.2 Å². The second-order valence-electron chi connectivity index (χ2n) is 6.54. The maximum atomic E-state index is 12.9. The zero-order valence-corrected chi connectivity index (χ0v) is 16.0. The van der Waals surface area contributed by atoms with Gasteiger partial charge in [0.05, 0.1) is 13.7 Å². The van der Waals surface area contributed by atoms with Gasteiger partial charge in [0.25, 0.3) is 0 Å². The molecule has 29 heavy (non-hydrogen) atoms. The van der Waals surface area contributed by atoms with Gasteiger partial charge in [-0.05, 0) is 36.4 Å². The summed E-state index contributed by atoms with van der Waals surface area (Å²) < 4.78 is 7.38. The summed E-state index contributed by atoms with van der Waals surface area (Å²) in [6.07, 6.45) is 0. The standard InChI is InChI=1S/C20H19N5O4/c1-22(14-6-4-3-5-7-14)18(26)13-24-19(27)21-17-12-23(20(28)25(17)24)15-8-10-16(29-2)11-9-15/h3-11H,12-13H2,1-2H3. The second-order valence-corrected chi connectivity index (χ2v) is 6.54. The molecule has 4 rings (SSSR count). The number of methoxy groups -OCH3 is 1. The SMILES string of the molecule is COc1ccc(N2Cc3nc(=O)n(CC(=O)N(C)c4ccccc4)n3C2=O)cc1. The molecular formula is C20H19N5O4. The summed E-state index contributed by atoms with van der Waals surface area (Å²) in [6, 6.07) is 15.6. The molecule has 0 bridgehead atoms. The van der Waals surface area contributed by atoms with Crippen molar-refractivity contribution in [1.29, 1.82) is 0 Å². The van der Waals surface area contributed by atoms with Crippen LogP contribution in [0.15, 0.2) is 59.4 Å². The lowest BCUT2D eigenvalue weighted by Crippen LogP contribution is -2.39. The molecule has 9 nitrogen and oxygen atoms in total. The predicted octanol–water partition coefficient (Wildman–Crippen LogP) is 1.70. The minimum atomic E-state index is -0.627. The highest BCUT2D eigenvalue weighted by molar-refractivity contribution is 5.96. The zero-order valence-electron chi connectivity index (χ0n) is 16.0. The summed E-state index contributed by atoms with van der Waals surface area (Å²) in [7, 11) is 3.18. The smallest absolute Gasteiger partial charge is 0.365 e. The van der Waals surface area contributed by atoms with Crippen molar-refractivity contribution in [3.05, 3.63) is 70.9 Å². The van der Waals surface area contributed by atoms with Crippen molar-refractivity contribution >= 4 is 23.3 Å². The van der Waals surface area contributed by atoms with Gasteiger partial charge in [-0.3, -0.25) is 9.69 Å². The summed E-state index contributed by atoms with van der Waals surface area (Å²) >= 11 is 0. The van der Waals surface area contributed by atoms with Crippen LogP contribution in [0.2, 0.25) is 0 Å². The van der Waals surface area contributed by atoms with E-state index in [4.69, 9.17) is 4.74 Å². The minimum Gasteiger partial charge on any atom is -0.497 e. The first kappa shape index (κ1) is 18.5. The number of fused-ring (bicyclic) bond motifs is 1. The number of rotatable bonds is 5. The molecule has 0 atom stereocenters. The van der Waals surface area contributed by atoms with Crippen LogP contribution in [0.25, 0.3) is 0 Å². The number of anilines is 2. The van der Waals surface area contributed by atoms with Crippen molar-refractivity contribution < 1.29 is 14.3 Å². The van der Waals surface area contributed by atoms with Gasteiger partial charge in [0, 0.05) is 18.4 Å². The van der Waals surface area contributed by atoms with Gasteiger partial charge in [-0.25, -0.2) is 14.3 Å². The molecule has 0 spiro atoms. The topological polar surface area (TPSA) is 89.7 Å². The molecular weight excluding hydrogens is 374 g/mol. The lowest BCUT2D eigenvalue weighted by atomic mass is 10.3. The van der Waals surface area contributed by atoms with Crippen LogP contribution in [-0.4, -0.2) is 40.4 Å². The fourth-order valence-corrected chi connectivity index (χ4v) is 3.21. The Morgan fingerprint density at radius 1 is 1.10 bits per heavy atom. The third-order valence-corrected chi connectivity index (χ3v) is 4.83. The highest BCUT2D eigenvalue weighted by Crippen LogP contribution is 2.25. The van der Waals surface area contributed by atoms with Gasteiger partial charge in [-0.1, -0.05) is 18.2 Å². The Balaban J connectivity index is 1.59. The predicted molar refractivity (Wildman–Crippen MR) is 106 cm³/mol. The van der Waals surface area contributed by atoms with Gasteiger partial charge in [-0.15, -0.1) is 0 Å². The van der Waals surface area contributed by atoms with Crippen LogP contribution >= 0.6 is 0 Å². The van der Waals surface area contributed by atoms with E-state index in [0.29, 0.717) is 22.9 Å². The lowest BCUT2D eigenvalue weighted by Gasteiger charge is -2.19. The third-order valence-electron chi connectivity index (χ3n) is 4.83. The Morgan fingerprint density at radius 3 is 2.45 bits per heavy atom. The molecule has 1 aliphatic rings. The van der Waals surface area contributed by atoms with E-state index >= 15 is 0 Å². The highest BCUT2D eigenvalue weighted by atomic mass is 16.5. The average molecular weight is 393 g/mol. The fourth-order valence-electron chi connectivity index (χ4n) is 3.21. The number of hydrogen-bond donors (Lipinski definition) is 0. The number of carbonyl (C=O) groups is 2. The van der Waals surface area contributed by atoms with Crippen LogP contribution in [0.1, 0.15) is 5.82 Å². The van der Waals surface area contributed by atoms with Crippen molar-refractivity contribution in [1.82, 2.24) is 14.3 Å². The number of nitrogens with zero attached hydrogens (tertiary/aromatic N) is 5. The van der Waals surface area contributed by atoms with E-state index in [-0.39, 0.29) is 19.0 Å². The van der Waals surface area contributed by atoms with E-state index in [0.717, 1.165) is 4.68 Å². The van der Waals surface area contributed by atoms with E-state index in [2.05, 4.69) is 4.98 Å². The maximum Gasteiger partial charge on any atom is 0.365 e. The van der Waals surface area contributed by atoms with Crippen LogP contribution in [0.4, 0.5) is 16.2 Å². The molecule has 1 aliphatic heterocycles. The summed E-state index contributed by atoms with van der Waals surface area (Å²) in [5.41, 5.74) is 0.712. The Morgan fingerprint density at radius 2 is 1.79 bits per heavy atom. The van der Waals surface area contributed by atoms with Gasteiger partial charge >= 0.3 is 11.7 Å². The molecule has 2 amide bonds. The molecule has 0 saturated heterocycles. The van der Waals surface area contributed by atoms with Crippen LogP contribution in [0, 0.1) is 0 Å². The fraction of sp³-hybridized carbons (Fsp3) is 0.200. The van der Waals surface area contributed by atoms with E-state index in [1.165, 1.54) is 14.5 Å². The average Bonchev–Trinajstić information content (AvgIpc) is 3.23. The minimum absolute atomic E-state index is 0.149. The molecule has 3 aromatic rings. The first-order valence-electron chi connectivity index (χ1n) is 8.96. The number of amides is 2. The largest absolute Gasteiger partial charge is 0.497 e. The van der Waals surface area contributed by atoms with E-state index < -0.39 is 11.7 Å². The number of aromatic nitrogens is 3. The summed E-state index contributed by atoms with van der Waals surface area (Å²) in [4.78, 5) is 44.8. The van der Waals surface area contributed by atoms with Crippen molar-refractivity contribution in [3.63, 3.8) is 0 Å². The summed E-state index contributed by atoms with van der Waals surface area (Å²) in [6.45, 7) is -0.143. The third kappa shape index (κ3) is 3.27. The summed E-state index contributed by atoms with van der Waals surface area (Å²) in [5.74, 6) is 0.632. The maximum absolute atomic E-state index is 12.9. The van der Waals surface area contributed by atoms with Crippen LogP contribution in [0.5, 0.6) is 5.75 Å². The van der Waals surface area contributed by atoms with Crippen molar-refractivity contribution in [2.75, 3.05) is 24.0 Å². The molecule has 0 unspecified atom stereocenters. The molecule has 0 fully saturated rings. The Bertz CT molecular complexity index is 1120. The molecule has 0 saturated carbocycles. The molecule has 9 heteroatoms. The highest BCUT2D eigenvalue weighted by Gasteiger charge is 2.34. The molecule has 0 N–H and O–H groups in total. The van der Waals surface area contributed by atoms with Crippen LogP contribution in [0.3, 0.4) is 0 Å². The van der Waals surface area contributed by atoms with Crippen molar-refractivity contribution in [2.24, 2.45) is 0 Å². The molecule has 1 aromatic heterocycles. The van der Waals surface area contributed by atoms with Gasteiger partial charge in [0.15, 0.2) is 5.82 Å². The monoisotopic (exact) mass is 393 g/mol. The van der Waals surface area contributed by atoms with Gasteiger partial charge in [0.2, 0.25) is 5.91 Å². The normalized spacial score (nSPS) is 12.8. The molecule has 2 aromatic carbocycles. The van der Waals surface area contributed by atoms with Crippen LogP contribution in [-0.2, 0) is 17.9 Å². The Labute approximate surface area is 166 Å².